The molecule has 0 aliphatic carbocycles. The molecule has 140 valence electrons. The van der Waals surface area contributed by atoms with Gasteiger partial charge in [-0.15, -0.1) is 11.4 Å². The van der Waals surface area contributed by atoms with Crippen molar-refractivity contribution in [3.8, 4) is 0 Å². The van der Waals surface area contributed by atoms with Crippen LogP contribution in [0, 0.1) is 0 Å². The predicted octanol–water partition coefficient (Wildman–Crippen LogP) is 0.0323. The number of amides is 1. The van der Waals surface area contributed by atoms with E-state index in [0.29, 0.717) is 23.7 Å². The van der Waals surface area contributed by atoms with Gasteiger partial charge in [-0.25, -0.2) is 4.79 Å². The predicted molar refractivity (Wildman–Crippen MR) is 113 cm³/mol. The van der Waals surface area contributed by atoms with E-state index < -0.39 is 30.1 Å². The molecular weight excluding hydrogens is 430 g/mol. The molecule has 0 fully saturated rings. The summed E-state index contributed by atoms with van der Waals surface area (Å²) in [5.41, 5.74) is 0. The summed E-state index contributed by atoms with van der Waals surface area (Å²) in [6.07, 6.45) is 0.338. The first-order valence-electron chi connectivity index (χ1n) is 6.66. The van der Waals surface area contributed by atoms with Gasteiger partial charge >= 0.3 is 11.9 Å². The smallest absolute Gasteiger partial charge is 0.330 e. The molecule has 0 aromatic heterocycles. The highest BCUT2D eigenvalue weighted by Gasteiger charge is 2.25. The molecule has 7 unspecified atom stereocenters. The number of rotatable bonds is 13. The molecule has 0 aliphatic heterocycles. The number of nitrogens with one attached hydrogen (secondary N) is 3. The van der Waals surface area contributed by atoms with Crippen LogP contribution in [0.1, 0.15) is 6.42 Å². The van der Waals surface area contributed by atoms with E-state index in [9.17, 15) is 14.4 Å². The molecule has 24 heavy (non-hydrogen) atoms. The van der Waals surface area contributed by atoms with Gasteiger partial charge in [0.05, 0.1) is 15.5 Å². The first-order chi connectivity index (χ1) is 11.4. The SMILES string of the molecule is O=C(O)C(CSCCC(NC(=O)C(CSP)NP)C(=O)OP)NP. The van der Waals surface area contributed by atoms with Gasteiger partial charge in [-0.3, -0.25) is 19.8 Å². The molecular formula is C10H23N3O5P4S2. The van der Waals surface area contributed by atoms with Gasteiger partial charge in [0.1, 0.15) is 12.1 Å². The third-order valence-electron chi connectivity index (χ3n) is 2.83. The van der Waals surface area contributed by atoms with E-state index in [-0.39, 0.29) is 5.91 Å². The molecule has 0 bridgehead atoms. The molecule has 4 N–H and O–H groups in total. The monoisotopic (exact) mass is 453 g/mol. The highest BCUT2D eigenvalue weighted by molar-refractivity contribution is 8.43. The standard InChI is InChI=1S/C10H23N3O5P4S2/c14-8(6(12-19)4-24-22)11-5(10(17)18-21)1-2-23-3-7(13-20)9(15)16/h5-7,12-13H,1-4,19-22H2,(H,11,14)(H,15,16). The Hall–Kier alpha value is 0.750. The van der Waals surface area contributed by atoms with E-state index in [2.05, 4.69) is 47.2 Å². The van der Waals surface area contributed by atoms with E-state index in [1.165, 1.54) is 23.1 Å². The third kappa shape index (κ3) is 10.0. The Kier molecular flexibility index (Phi) is 15.3. The Balaban J connectivity index is 4.49. The molecule has 0 rings (SSSR count). The maximum atomic E-state index is 12.2. The van der Waals surface area contributed by atoms with Crippen molar-refractivity contribution in [2.45, 2.75) is 24.5 Å². The van der Waals surface area contributed by atoms with Crippen molar-refractivity contribution < 1.29 is 24.0 Å². The van der Waals surface area contributed by atoms with E-state index >= 15 is 0 Å². The minimum absolute atomic E-state index is 0.305. The lowest BCUT2D eigenvalue weighted by molar-refractivity contribution is -0.139. The molecule has 0 radical (unpaired) electrons. The molecule has 1 amide bonds. The lowest BCUT2D eigenvalue weighted by atomic mass is 10.2. The quantitative estimate of drug-likeness (QED) is 0.226. The largest absolute Gasteiger partial charge is 0.480 e. The molecule has 0 aromatic rings. The second kappa shape index (κ2) is 14.9. The summed E-state index contributed by atoms with van der Waals surface area (Å²) >= 11 is 2.80. The fraction of sp³-hybridized carbons (Fsp3) is 0.700. The lowest BCUT2D eigenvalue weighted by Crippen LogP contribution is -2.49. The average molecular weight is 453 g/mol. The van der Waals surface area contributed by atoms with Crippen LogP contribution in [-0.4, -0.2) is 58.3 Å². The summed E-state index contributed by atoms with van der Waals surface area (Å²) in [5.74, 6) is -0.449. The van der Waals surface area contributed by atoms with Crippen molar-refractivity contribution in [3.63, 3.8) is 0 Å². The zero-order valence-corrected chi connectivity index (χ0v) is 19.0. The van der Waals surface area contributed by atoms with Gasteiger partial charge in [0.25, 0.3) is 0 Å². The summed E-state index contributed by atoms with van der Waals surface area (Å²) in [5, 5.41) is 17.0. The van der Waals surface area contributed by atoms with Crippen molar-refractivity contribution in [2.24, 2.45) is 0 Å². The van der Waals surface area contributed by atoms with Gasteiger partial charge in [-0.05, 0) is 12.2 Å². The van der Waals surface area contributed by atoms with Gasteiger partial charge in [-0.2, -0.15) is 11.8 Å². The van der Waals surface area contributed by atoms with Crippen LogP contribution < -0.4 is 15.5 Å². The number of aliphatic carboxylic acids is 1. The second-order valence-corrected chi connectivity index (χ2v) is 8.19. The Morgan fingerprint density at radius 2 is 1.71 bits per heavy atom. The molecule has 8 nitrogen and oxygen atoms in total. The van der Waals surface area contributed by atoms with E-state index in [0.717, 1.165) is 0 Å². The first-order valence-corrected chi connectivity index (χ1v) is 11.9. The van der Waals surface area contributed by atoms with Gasteiger partial charge in [0, 0.05) is 11.5 Å². The lowest BCUT2D eigenvalue weighted by Gasteiger charge is -2.20. The molecule has 0 aromatic carbocycles. The summed E-state index contributed by atoms with van der Waals surface area (Å²) in [4.78, 5) is 34.8. The number of thioether (sulfide) groups is 1. The number of carboxylic acids is 1. The minimum Gasteiger partial charge on any atom is -0.480 e. The van der Waals surface area contributed by atoms with Crippen LogP contribution in [-0.2, 0) is 18.9 Å². The molecule has 0 saturated carbocycles. The molecule has 0 saturated heterocycles. The average Bonchev–Trinajstić information content (AvgIpc) is 2.57. The zero-order valence-electron chi connectivity index (χ0n) is 12.8. The Morgan fingerprint density at radius 3 is 2.17 bits per heavy atom. The fourth-order valence-electron chi connectivity index (χ4n) is 1.49. The number of carboxylic acid groups (broad SMARTS) is 1. The van der Waals surface area contributed by atoms with Crippen molar-refractivity contribution in [3.05, 3.63) is 0 Å². The third-order valence-corrected chi connectivity index (χ3v) is 6.07. The van der Waals surface area contributed by atoms with Crippen molar-refractivity contribution >= 4 is 77.7 Å². The number of carbonyl (C=O) groups excluding carboxylic acids is 2. The number of hydrogen-bond acceptors (Lipinski definition) is 8. The number of carbonyl (C=O) groups is 3. The van der Waals surface area contributed by atoms with E-state index in [1.54, 1.807) is 0 Å². The Bertz CT molecular complexity index is 424. The molecule has 0 aliphatic rings. The molecule has 7 atom stereocenters. The maximum absolute atomic E-state index is 12.2. The maximum Gasteiger partial charge on any atom is 0.330 e. The summed E-state index contributed by atoms with van der Waals surface area (Å²) in [6, 6.07) is -1.93. The summed E-state index contributed by atoms with van der Waals surface area (Å²) < 4.78 is 4.63. The summed E-state index contributed by atoms with van der Waals surface area (Å²) in [7, 11) is 8.78. The van der Waals surface area contributed by atoms with Gasteiger partial charge in [-0.1, -0.05) is 27.2 Å². The van der Waals surface area contributed by atoms with Gasteiger partial charge in [0.2, 0.25) is 5.91 Å². The Morgan fingerprint density at radius 1 is 1.08 bits per heavy atom. The van der Waals surface area contributed by atoms with Gasteiger partial charge in [0.15, 0.2) is 0 Å². The van der Waals surface area contributed by atoms with Crippen LogP contribution in [0.25, 0.3) is 0 Å². The summed E-state index contributed by atoms with van der Waals surface area (Å²) in [6.45, 7) is 0. The van der Waals surface area contributed by atoms with Crippen molar-refractivity contribution in [2.75, 3.05) is 17.3 Å². The normalized spacial score (nSPS) is 14.5. The van der Waals surface area contributed by atoms with Crippen LogP contribution in [0.4, 0.5) is 0 Å². The zero-order chi connectivity index (χ0) is 18.5. The number of hydrogen-bond donors (Lipinski definition) is 4. The van der Waals surface area contributed by atoms with Crippen LogP contribution in [0.3, 0.4) is 0 Å². The van der Waals surface area contributed by atoms with Crippen LogP contribution in [0.5, 0.6) is 0 Å². The van der Waals surface area contributed by atoms with E-state index in [1.807, 2.05) is 9.47 Å². The van der Waals surface area contributed by atoms with Gasteiger partial charge < -0.3 is 14.9 Å². The van der Waals surface area contributed by atoms with Crippen LogP contribution in [0.15, 0.2) is 0 Å². The van der Waals surface area contributed by atoms with Crippen LogP contribution >= 0.6 is 59.8 Å². The highest BCUT2D eigenvalue weighted by Crippen LogP contribution is 2.14. The van der Waals surface area contributed by atoms with Crippen molar-refractivity contribution in [1.82, 2.24) is 15.5 Å². The van der Waals surface area contributed by atoms with E-state index in [4.69, 9.17) is 5.11 Å². The molecule has 14 heteroatoms. The minimum atomic E-state index is -0.948. The molecule has 0 spiro atoms. The second-order valence-electron chi connectivity index (χ2n) is 4.47. The van der Waals surface area contributed by atoms with Crippen molar-refractivity contribution in [1.29, 1.82) is 0 Å². The first kappa shape index (κ1) is 24.8. The Labute approximate surface area is 159 Å². The van der Waals surface area contributed by atoms with Crippen LogP contribution in [0.2, 0.25) is 0 Å². The highest BCUT2D eigenvalue weighted by atomic mass is 32.7. The fourth-order valence-corrected chi connectivity index (χ4v) is 4.59. The molecule has 0 heterocycles. The topological polar surface area (TPSA) is 117 Å².